The zero-order valence-electron chi connectivity index (χ0n) is 15.5. The van der Waals surface area contributed by atoms with E-state index in [1.165, 1.54) is 16.7 Å². The Bertz CT molecular complexity index is 786. The number of thiophene rings is 1. The van der Waals surface area contributed by atoms with Crippen molar-refractivity contribution in [2.45, 2.75) is 13.3 Å². The second-order valence-corrected chi connectivity index (χ2v) is 8.82. The van der Waals surface area contributed by atoms with Crippen LogP contribution in [0.3, 0.4) is 0 Å². The van der Waals surface area contributed by atoms with Crippen LogP contribution < -0.4 is 0 Å². The van der Waals surface area contributed by atoms with Gasteiger partial charge in [-0.25, -0.2) is 4.79 Å². The molecule has 3 amide bonds. The third-order valence-electron chi connectivity index (χ3n) is 4.40. The van der Waals surface area contributed by atoms with Crippen LogP contribution in [0, 0.1) is 0 Å². The van der Waals surface area contributed by atoms with Gasteiger partial charge in [-0.05, 0) is 24.4 Å². The third-order valence-corrected chi connectivity index (χ3v) is 6.59. The second kappa shape index (κ2) is 9.53. The topological polar surface area (TPSA) is 70.2 Å². The van der Waals surface area contributed by atoms with Gasteiger partial charge in [0.15, 0.2) is 0 Å². The first-order valence-electron chi connectivity index (χ1n) is 8.98. The molecule has 3 heterocycles. The van der Waals surface area contributed by atoms with E-state index in [1.807, 2.05) is 23.6 Å². The summed E-state index contributed by atoms with van der Waals surface area (Å²) in [7, 11) is 0. The van der Waals surface area contributed by atoms with Crippen molar-refractivity contribution in [2.24, 2.45) is 0 Å². The average molecular weight is 440 g/mol. The van der Waals surface area contributed by atoms with Gasteiger partial charge in [0.2, 0.25) is 5.91 Å². The standard InChI is InChI=1S/C18H21N3O4S3/c1-2-25-17(24)20-9-7-19(8-10-20)15(22)5-6-21-16(23)14(28-18(21)26)12-13-4-3-11-27-13/h3-4,11-12H,2,5-10H2,1H3/b14-12-. The number of hydrogen-bond acceptors (Lipinski definition) is 7. The van der Waals surface area contributed by atoms with Crippen molar-refractivity contribution in [2.75, 3.05) is 39.3 Å². The van der Waals surface area contributed by atoms with E-state index < -0.39 is 0 Å². The molecule has 1 aromatic rings. The van der Waals surface area contributed by atoms with Crippen LogP contribution in [0.4, 0.5) is 4.79 Å². The average Bonchev–Trinajstić information content (AvgIpc) is 3.29. The summed E-state index contributed by atoms with van der Waals surface area (Å²) in [5.41, 5.74) is 0. The molecule has 7 nitrogen and oxygen atoms in total. The summed E-state index contributed by atoms with van der Waals surface area (Å²) in [6.45, 7) is 4.21. The van der Waals surface area contributed by atoms with Crippen LogP contribution >= 0.6 is 35.3 Å². The number of piperazine rings is 1. The minimum Gasteiger partial charge on any atom is -0.450 e. The molecule has 0 aliphatic carbocycles. The Balaban J connectivity index is 1.49. The van der Waals surface area contributed by atoms with E-state index in [2.05, 4.69) is 0 Å². The molecule has 0 bridgehead atoms. The number of hydrogen-bond donors (Lipinski definition) is 0. The normalized spacial score (nSPS) is 18.9. The van der Waals surface area contributed by atoms with E-state index in [0.29, 0.717) is 42.0 Å². The second-order valence-electron chi connectivity index (χ2n) is 6.17. The number of nitrogens with zero attached hydrogens (tertiary/aromatic N) is 3. The fourth-order valence-corrected chi connectivity index (χ4v) is 4.95. The molecular weight excluding hydrogens is 418 g/mol. The van der Waals surface area contributed by atoms with Crippen molar-refractivity contribution in [3.05, 3.63) is 27.3 Å². The summed E-state index contributed by atoms with van der Waals surface area (Å²) >= 11 is 8.14. The first-order chi connectivity index (χ1) is 13.5. The van der Waals surface area contributed by atoms with Gasteiger partial charge in [-0.1, -0.05) is 30.0 Å². The molecule has 2 aliphatic heterocycles. The predicted molar refractivity (Wildman–Crippen MR) is 114 cm³/mol. The molecule has 2 fully saturated rings. The molecule has 2 saturated heterocycles. The van der Waals surface area contributed by atoms with Gasteiger partial charge in [0.1, 0.15) is 4.32 Å². The van der Waals surface area contributed by atoms with E-state index >= 15 is 0 Å². The highest BCUT2D eigenvalue weighted by Gasteiger charge is 2.33. The van der Waals surface area contributed by atoms with Gasteiger partial charge in [-0.3, -0.25) is 14.5 Å². The fraction of sp³-hybridized carbons (Fsp3) is 0.444. The molecule has 0 saturated carbocycles. The van der Waals surface area contributed by atoms with Crippen LogP contribution in [-0.4, -0.2) is 76.3 Å². The molecule has 10 heteroatoms. The summed E-state index contributed by atoms with van der Waals surface area (Å²) < 4.78 is 5.46. The number of thiocarbonyl (C=S) groups is 1. The zero-order valence-corrected chi connectivity index (χ0v) is 17.9. The molecule has 0 spiro atoms. The first kappa shape index (κ1) is 20.8. The maximum atomic E-state index is 12.6. The fourth-order valence-electron chi connectivity index (χ4n) is 2.91. The number of rotatable bonds is 5. The molecule has 150 valence electrons. The maximum absolute atomic E-state index is 12.6. The van der Waals surface area contributed by atoms with Gasteiger partial charge < -0.3 is 14.5 Å². The number of ether oxygens (including phenoxy) is 1. The SMILES string of the molecule is CCOC(=O)N1CCN(C(=O)CCN2C(=O)/C(=C/c3cccs3)SC2=S)CC1. The Morgan fingerprint density at radius 3 is 2.61 bits per heavy atom. The Kier molecular flexibility index (Phi) is 7.08. The number of carbonyl (C=O) groups is 3. The molecule has 0 unspecified atom stereocenters. The third kappa shape index (κ3) is 4.92. The van der Waals surface area contributed by atoms with Crippen molar-refractivity contribution in [1.29, 1.82) is 0 Å². The lowest BCUT2D eigenvalue weighted by atomic mass is 10.2. The highest BCUT2D eigenvalue weighted by Crippen LogP contribution is 2.33. The lowest BCUT2D eigenvalue weighted by Gasteiger charge is -2.34. The zero-order chi connectivity index (χ0) is 20.1. The minimum absolute atomic E-state index is 0.0419. The van der Waals surface area contributed by atoms with Gasteiger partial charge in [0.25, 0.3) is 5.91 Å². The smallest absolute Gasteiger partial charge is 0.409 e. The highest BCUT2D eigenvalue weighted by atomic mass is 32.2. The van der Waals surface area contributed by atoms with Crippen LogP contribution in [-0.2, 0) is 14.3 Å². The number of thioether (sulfide) groups is 1. The van der Waals surface area contributed by atoms with Crippen LogP contribution in [0.5, 0.6) is 0 Å². The molecule has 3 rings (SSSR count). The van der Waals surface area contributed by atoms with Gasteiger partial charge >= 0.3 is 6.09 Å². The largest absolute Gasteiger partial charge is 0.450 e. The summed E-state index contributed by atoms with van der Waals surface area (Å²) in [5.74, 6) is -0.192. The van der Waals surface area contributed by atoms with Crippen molar-refractivity contribution in [1.82, 2.24) is 14.7 Å². The van der Waals surface area contributed by atoms with E-state index in [9.17, 15) is 14.4 Å². The highest BCUT2D eigenvalue weighted by molar-refractivity contribution is 8.26. The van der Waals surface area contributed by atoms with Crippen LogP contribution in [0.2, 0.25) is 0 Å². The minimum atomic E-state index is -0.343. The molecular formula is C18H21N3O4S3. The molecule has 28 heavy (non-hydrogen) atoms. The lowest BCUT2D eigenvalue weighted by Crippen LogP contribution is -2.51. The molecule has 0 aromatic carbocycles. The number of amides is 3. The van der Waals surface area contributed by atoms with E-state index in [4.69, 9.17) is 17.0 Å². The Morgan fingerprint density at radius 2 is 1.96 bits per heavy atom. The first-order valence-corrected chi connectivity index (χ1v) is 11.1. The van der Waals surface area contributed by atoms with E-state index in [1.54, 1.807) is 28.1 Å². The summed E-state index contributed by atoms with van der Waals surface area (Å²) in [5, 5.41) is 1.95. The van der Waals surface area contributed by atoms with Crippen LogP contribution in [0.25, 0.3) is 6.08 Å². The molecule has 0 atom stereocenters. The Morgan fingerprint density at radius 1 is 1.25 bits per heavy atom. The molecule has 0 radical (unpaired) electrons. The Labute approximate surface area is 177 Å². The maximum Gasteiger partial charge on any atom is 0.409 e. The monoisotopic (exact) mass is 439 g/mol. The number of carbonyl (C=O) groups excluding carboxylic acids is 3. The summed E-state index contributed by atoms with van der Waals surface area (Å²) in [6.07, 6.45) is 1.70. The Hall–Kier alpha value is -1.91. The van der Waals surface area contributed by atoms with Crippen LogP contribution in [0.15, 0.2) is 22.4 Å². The molecule has 0 N–H and O–H groups in total. The van der Waals surface area contributed by atoms with Crippen molar-refractivity contribution in [3.63, 3.8) is 0 Å². The van der Waals surface area contributed by atoms with Crippen LogP contribution in [0.1, 0.15) is 18.2 Å². The van der Waals surface area contributed by atoms with Gasteiger partial charge in [-0.2, -0.15) is 0 Å². The quantitative estimate of drug-likeness (QED) is 0.519. The van der Waals surface area contributed by atoms with Crippen molar-refractivity contribution < 1.29 is 19.1 Å². The predicted octanol–water partition coefficient (Wildman–Crippen LogP) is 2.64. The molecule has 1 aromatic heterocycles. The lowest BCUT2D eigenvalue weighted by molar-refractivity contribution is -0.133. The molecule has 2 aliphatic rings. The summed E-state index contributed by atoms with van der Waals surface area (Å²) in [4.78, 5) is 43.2. The van der Waals surface area contributed by atoms with Gasteiger partial charge in [0.05, 0.1) is 11.5 Å². The van der Waals surface area contributed by atoms with Crippen molar-refractivity contribution >= 4 is 63.6 Å². The van der Waals surface area contributed by atoms with Crippen molar-refractivity contribution in [3.8, 4) is 0 Å². The van der Waals surface area contributed by atoms with E-state index in [0.717, 1.165) is 4.88 Å². The van der Waals surface area contributed by atoms with Gasteiger partial charge in [-0.15, -0.1) is 11.3 Å². The summed E-state index contributed by atoms with van der Waals surface area (Å²) in [6, 6.07) is 3.87. The van der Waals surface area contributed by atoms with E-state index in [-0.39, 0.29) is 30.9 Å². The van der Waals surface area contributed by atoms with Gasteiger partial charge in [0, 0.05) is 44.0 Å².